The number of aromatic nitrogens is 1. The van der Waals surface area contributed by atoms with E-state index >= 15 is 0 Å². The van der Waals surface area contributed by atoms with Crippen molar-refractivity contribution in [3.63, 3.8) is 0 Å². The van der Waals surface area contributed by atoms with Crippen molar-refractivity contribution in [3.05, 3.63) is 21.9 Å². The van der Waals surface area contributed by atoms with Gasteiger partial charge in [0.2, 0.25) is 0 Å². The van der Waals surface area contributed by atoms with Crippen molar-refractivity contribution in [1.29, 1.82) is 0 Å². The molecule has 0 saturated heterocycles. The number of hydrogen-bond donors (Lipinski definition) is 2. The van der Waals surface area contributed by atoms with E-state index in [2.05, 4.69) is 15.9 Å². The van der Waals surface area contributed by atoms with Crippen LogP contribution in [0.3, 0.4) is 0 Å². The number of halogens is 1. The zero-order valence-corrected chi connectivity index (χ0v) is 8.00. The molecule has 0 atom stereocenters. The fraction of sp³-hybridized carbons (Fsp3) is 0.286. The van der Waals surface area contributed by atoms with Gasteiger partial charge in [-0.3, -0.25) is 0 Å². The summed E-state index contributed by atoms with van der Waals surface area (Å²) in [6.45, 7) is -0.165. The van der Waals surface area contributed by atoms with Crippen LogP contribution in [0, 0.1) is 0 Å². The minimum atomic E-state index is -1.00. The average molecular weight is 234 g/mol. The number of aliphatic hydroxyl groups is 1. The molecule has 1 rings (SSSR count). The third kappa shape index (κ3) is 1.37. The molecule has 12 heavy (non-hydrogen) atoms. The van der Waals surface area contributed by atoms with Gasteiger partial charge in [0.15, 0.2) is 0 Å². The van der Waals surface area contributed by atoms with Gasteiger partial charge in [-0.2, -0.15) is 0 Å². The van der Waals surface area contributed by atoms with Crippen LogP contribution in [-0.4, -0.2) is 20.7 Å². The van der Waals surface area contributed by atoms with Gasteiger partial charge in [-0.05, 0) is 22.0 Å². The minimum absolute atomic E-state index is 0.158. The first-order chi connectivity index (χ1) is 5.57. The van der Waals surface area contributed by atoms with E-state index in [4.69, 9.17) is 10.2 Å². The van der Waals surface area contributed by atoms with Gasteiger partial charge in [0.05, 0.1) is 11.2 Å². The number of carbonyl (C=O) groups is 1. The highest BCUT2D eigenvalue weighted by atomic mass is 79.9. The van der Waals surface area contributed by atoms with Crippen molar-refractivity contribution in [2.75, 3.05) is 0 Å². The van der Waals surface area contributed by atoms with Crippen LogP contribution < -0.4 is 0 Å². The molecule has 1 aromatic heterocycles. The molecule has 0 bridgehead atoms. The van der Waals surface area contributed by atoms with Crippen LogP contribution >= 0.6 is 15.9 Å². The Balaban J connectivity index is 3.25. The third-order valence-corrected chi connectivity index (χ3v) is 2.66. The van der Waals surface area contributed by atoms with Crippen molar-refractivity contribution in [1.82, 2.24) is 4.57 Å². The molecule has 0 aliphatic carbocycles. The van der Waals surface area contributed by atoms with Crippen molar-refractivity contribution < 1.29 is 15.0 Å². The summed E-state index contributed by atoms with van der Waals surface area (Å²) in [6, 6.07) is 1.44. The summed E-state index contributed by atoms with van der Waals surface area (Å²) >= 11 is 3.17. The van der Waals surface area contributed by atoms with Gasteiger partial charge >= 0.3 is 5.97 Å². The van der Waals surface area contributed by atoms with Gasteiger partial charge in [0.25, 0.3) is 0 Å². The van der Waals surface area contributed by atoms with Gasteiger partial charge < -0.3 is 14.8 Å². The largest absolute Gasteiger partial charge is 0.477 e. The SMILES string of the molecule is Cn1c(C(=O)O)cc(CO)c1Br. The Morgan fingerprint density at radius 2 is 2.33 bits per heavy atom. The van der Waals surface area contributed by atoms with Crippen molar-refractivity contribution in [2.24, 2.45) is 7.05 Å². The molecule has 1 heterocycles. The van der Waals surface area contributed by atoms with Crippen LogP contribution in [0.5, 0.6) is 0 Å². The predicted octanol–water partition coefficient (Wildman–Crippen LogP) is 0.978. The van der Waals surface area contributed by atoms with E-state index < -0.39 is 5.97 Å². The molecule has 1 aromatic rings. The highest BCUT2D eigenvalue weighted by molar-refractivity contribution is 9.10. The number of aliphatic hydroxyl groups excluding tert-OH is 1. The van der Waals surface area contributed by atoms with E-state index in [0.717, 1.165) is 0 Å². The Morgan fingerprint density at radius 3 is 2.58 bits per heavy atom. The van der Waals surface area contributed by atoms with E-state index in [-0.39, 0.29) is 12.3 Å². The molecular weight excluding hydrogens is 226 g/mol. The molecule has 66 valence electrons. The molecule has 0 fully saturated rings. The monoisotopic (exact) mass is 233 g/mol. The molecule has 2 N–H and O–H groups in total. The fourth-order valence-electron chi connectivity index (χ4n) is 0.959. The van der Waals surface area contributed by atoms with Gasteiger partial charge in [-0.15, -0.1) is 0 Å². The number of rotatable bonds is 2. The molecule has 0 unspecified atom stereocenters. The molecule has 5 heteroatoms. The Morgan fingerprint density at radius 1 is 1.75 bits per heavy atom. The van der Waals surface area contributed by atoms with E-state index in [1.165, 1.54) is 10.6 Å². The van der Waals surface area contributed by atoms with E-state index in [1.54, 1.807) is 7.05 Å². The molecule has 0 saturated carbocycles. The number of aromatic carboxylic acids is 1. The Labute approximate surface area is 77.6 Å². The van der Waals surface area contributed by atoms with Crippen LogP contribution in [0.25, 0.3) is 0 Å². The molecule has 0 amide bonds. The summed E-state index contributed by atoms with van der Waals surface area (Å²) in [5.74, 6) is -1.00. The molecule has 0 aliphatic rings. The fourth-order valence-corrected chi connectivity index (χ4v) is 1.39. The van der Waals surface area contributed by atoms with Crippen LogP contribution in [0.15, 0.2) is 10.7 Å². The van der Waals surface area contributed by atoms with E-state index in [1.807, 2.05) is 0 Å². The van der Waals surface area contributed by atoms with Crippen LogP contribution in [0.1, 0.15) is 16.1 Å². The highest BCUT2D eigenvalue weighted by Crippen LogP contribution is 2.20. The van der Waals surface area contributed by atoms with Crippen LogP contribution in [0.2, 0.25) is 0 Å². The topological polar surface area (TPSA) is 62.5 Å². The molecule has 0 spiro atoms. The van der Waals surface area contributed by atoms with Gasteiger partial charge in [-0.25, -0.2) is 4.79 Å². The lowest BCUT2D eigenvalue weighted by molar-refractivity contribution is 0.0686. The zero-order valence-electron chi connectivity index (χ0n) is 6.41. The lowest BCUT2D eigenvalue weighted by Gasteiger charge is -1.97. The second-order valence-corrected chi connectivity index (χ2v) is 3.12. The number of nitrogens with zero attached hydrogens (tertiary/aromatic N) is 1. The first-order valence-electron chi connectivity index (χ1n) is 3.26. The minimum Gasteiger partial charge on any atom is -0.477 e. The maximum absolute atomic E-state index is 10.6. The van der Waals surface area contributed by atoms with Gasteiger partial charge in [0.1, 0.15) is 5.69 Å². The molecule has 0 radical (unpaired) electrons. The van der Waals surface area contributed by atoms with Crippen molar-refractivity contribution in [2.45, 2.75) is 6.61 Å². The Hall–Kier alpha value is -0.810. The second-order valence-electron chi connectivity index (χ2n) is 2.37. The second kappa shape index (κ2) is 3.28. The Bertz CT molecular complexity index is 319. The smallest absolute Gasteiger partial charge is 0.352 e. The van der Waals surface area contributed by atoms with E-state index in [9.17, 15) is 4.79 Å². The third-order valence-electron chi connectivity index (χ3n) is 1.62. The summed E-state index contributed by atoms with van der Waals surface area (Å²) < 4.78 is 2.07. The summed E-state index contributed by atoms with van der Waals surface area (Å²) in [7, 11) is 1.62. The van der Waals surface area contributed by atoms with Crippen LogP contribution in [0.4, 0.5) is 0 Å². The molecule has 4 nitrogen and oxygen atoms in total. The first-order valence-corrected chi connectivity index (χ1v) is 4.05. The molecular formula is C7H8BrNO3. The van der Waals surface area contributed by atoms with Crippen LogP contribution in [-0.2, 0) is 13.7 Å². The standard InChI is InChI=1S/C7H8BrNO3/c1-9-5(7(11)12)2-4(3-10)6(9)8/h2,10H,3H2,1H3,(H,11,12). The Kier molecular flexibility index (Phi) is 2.54. The maximum atomic E-state index is 10.6. The summed E-state index contributed by atoms with van der Waals surface area (Å²) in [6.07, 6.45) is 0. The van der Waals surface area contributed by atoms with E-state index in [0.29, 0.717) is 10.2 Å². The average Bonchev–Trinajstić information content (AvgIpc) is 2.30. The van der Waals surface area contributed by atoms with Gasteiger partial charge in [0, 0.05) is 12.6 Å². The highest BCUT2D eigenvalue weighted by Gasteiger charge is 2.14. The summed E-state index contributed by atoms with van der Waals surface area (Å²) in [5, 5.41) is 17.5. The van der Waals surface area contributed by atoms with Gasteiger partial charge in [-0.1, -0.05) is 0 Å². The number of carboxylic acids is 1. The predicted molar refractivity (Wildman–Crippen MR) is 46.0 cm³/mol. The normalized spacial score (nSPS) is 10.2. The van der Waals surface area contributed by atoms with Crippen molar-refractivity contribution >= 4 is 21.9 Å². The summed E-state index contributed by atoms with van der Waals surface area (Å²) in [5.41, 5.74) is 0.737. The first kappa shape index (κ1) is 9.28. The lowest BCUT2D eigenvalue weighted by Crippen LogP contribution is -2.03. The maximum Gasteiger partial charge on any atom is 0.352 e. The number of carboxylic acid groups (broad SMARTS) is 1. The van der Waals surface area contributed by atoms with Crippen molar-refractivity contribution in [3.8, 4) is 0 Å². The quantitative estimate of drug-likeness (QED) is 0.801. The molecule has 0 aromatic carbocycles. The molecule has 0 aliphatic heterocycles. The lowest BCUT2D eigenvalue weighted by atomic mass is 10.3. The summed E-state index contributed by atoms with van der Waals surface area (Å²) in [4.78, 5) is 10.6. The number of hydrogen-bond acceptors (Lipinski definition) is 2. The zero-order chi connectivity index (χ0) is 9.30.